The summed E-state index contributed by atoms with van der Waals surface area (Å²) in [5.41, 5.74) is 3.04. The van der Waals surface area contributed by atoms with Gasteiger partial charge in [-0.15, -0.1) is 0 Å². The highest BCUT2D eigenvalue weighted by Crippen LogP contribution is 2.41. The van der Waals surface area contributed by atoms with Gasteiger partial charge >= 0.3 is 5.97 Å². The molecule has 0 saturated heterocycles. The maximum absolute atomic E-state index is 12.5. The molecular formula is C23H18N2O5. The van der Waals surface area contributed by atoms with E-state index >= 15 is 0 Å². The lowest BCUT2D eigenvalue weighted by atomic mass is 10.0. The molecule has 30 heavy (non-hydrogen) atoms. The molecule has 3 aromatic rings. The average molecular weight is 402 g/mol. The lowest BCUT2D eigenvalue weighted by Gasteiger charge is -2.09. The topological polar surface area (TPSA) is 86.8 Å². The molecule has 0 atom stereocenters. The molecular weight excluding hydrogens is 384 g/mol. The molecule has 0 radical (unpaired) electrons. The van der Waals surface area contributed by atoms with Crippen LogP contribution < -0.4 is 19.5 Å². The summed E-state index contributed by atoms with van der Waals surface area (Å²) in [6.45, 7) is 0. The van der Waals surface area contributed by atoms with Gasteiger partial charge in [0.1, 0.15) is 5.75 Å². The first kappa shape index (κ1) is 19.2. The molecule has 7 heteroatoms. The number of ether oxygens (including phenoxy) is 3. The lowest BCUT2D eigenvalue weighted by molar-refractivity contribution is -0.110. The van der Waals surface area contributed by atoms with Gasteiger partial charge in [-0.2, -0.15) is 0 Å². The highest BCUT2D eigenvalue weighted by atomic mass is 16.5. The van der Waals surface area contributed by atoms with Crippen LogP contribution in [0.15, 0.2) is 60.9 Å². The van der Waals surface area contributed by atoms with Crippen molar-refractivity contribution in [2.24, 2.45) is 0 Å². The van der Waals surface area contributed by atoms with Crippen molar-refractivity contribution in [1.82, 2.24) is 4.98 Å². The maximum Gasteiger partial charge on any atom is 0.345 e. The van der Waals surface area contributed by atoms with Gasteiger partial charge in [-0.3, -0.25) is 9.78 Å². The van der Waals surface area contributed by atoms with E-state index in [2.05, 4.69) is 10.3 Å². The first-order valence-electron chi connectivity index (χ1n) is 9.11. The van der Waals surface area contributed by atoms with E-state index < -0.39 is 5.97 Å². The first-order chi connectivity index (χ1) is 14.6. The normalized spacial score (nSPS) is 13.5. The molecule has 0 bridgehead atoms. The van der Waals surface area contributed by atoms with Gasteiger partial charge in [0.25, 0.3) is 5.91 Å². The molecule has 0 aliphatic carbocycles. The highest BCUT2D eigenvalue weighted by molar-refractivity contribution is 6.35. The van der Waals surface area contributed by atoms with E-state index in [9.17, 15) is 9.59 Å². The number of pyridine rings is 1. The quantitative estimate of drug-likeness (QED) is 0.397. The van der Waals surface area contributed by atoms with Crippen molar-refractivity contribution in [1.29, 1.82) is 0 Å². The third-order valence-electron chi connectivity index (χ3n) is 4.61. The fourth-order valence-corrected chi connectivity index (χ4v) is 3.11. The van der Waals surface area contributed by atoms with Crippen LogP contribution in [0.5, 0.6) is 17.2 Å². The summed E-state index contributed by atoms with van der Waals surface area (Å²) in [5, 5.41) is 2.83. The minimum Gasteiger partial charge on any atom is -0.493 e. The number of carbonyl (C=O) groups is 2. The number of hydrogen-bond acceptors (Lipinski definition) is 6. The van der Waals surface area contributed by atoms with Crippen molar-refractivity contribution in [2.75, 3.05) is 19.5 Å². The van der Waals surface area contributed by atoms with Crippen molar-refractivity contribution in [3.05, 3.63) is 77.6 Å². The molecule has 150 valence electrons. The Hall–Kier alpha value is -4.13. The Kier molecular flexibility index (Phi) is 5.17. The number of methoxy groups -OCH3 is 2. The molecule has 7 nitrogen and oxygen atoms in total. The molecule has 1 N–H and O–H groups in total. The van der Waals surface area contributed by atoms with Crippen molar-refractivity contribution < 1.29 is 23.8 Å². The lowest BCUT2D eigenvalue weighted by Crippen LogP contribution is -2.08. The van der Waals surface area contributed by atoms with E-state index in [-0.39, 0.29) is 5.91 Å². The highest BCUT2D eigenvalue weighted by Gasteiger charge is 2.26. The van der Waals surface area contributed by atoms with Gasteiger partial charge in [-0.05, 0) is 42.0 Å². The molecule has 1 amide bonds. The van der Waals surface area contributed by atoms with Crippen molar-refractivity contribution in [3.8, 4) is 17.2 Å². The number of nitrogens with one attached hydrogen (secondary N) is 1. The number of benzene rings is 2. The number of esters is 1. The molecule has 1 aromatic heterocycles. The standard InChI is InChI=1S/C23H18N2O5/c1-28-20-11-17-18(22(26)25-19(17)12-21(20)29-2)10-14-5-7-16(8-6-14)30-23(27)15-4-3-9-24-13-15/h3-13H,1-2H3,(H,25,26)/b18-10+. The van der Waals surface area contributed by atoms with Crippen LogP contribution in [0.4, 0.5) is 5.69 Å². The number of fused-ring (bicyclic) bond motifs is 1. The van der Waals surface area contributed by atoms with Gasteiger partial charge in [0.15, 0.2) is 11.5 Å². The van der Waals surface area contributed by atoms with Crippen LogP contribution in [0.2, 0.25) is 0 Å². The van der Waals surface area contributed by atoms with E-state index in [0.29, 0.717) is 34.1 Å². The van der Waals surface area contributed by atoms with Crippen molar-refractivity contribution >= 4 is 29.2 Å². The van der Waals surface area contributed by atoms with Crippen LogP contribution in [0.3, 0.4) is 0 Å². The zero-order valence-electron chi connectivity index (χ0n) is 16.3. The van der Waals surface area contributed by atoms with Crippen LogP contribution in [-0.4, -0.2) is 31.1 Å². The third kappa shape index (κ3) is 3.73. The fourth-order valence-electron chi connectivity index (χ4n) is 3.11. The summed E-state index contributed by atoms with van der Waals surface area (Å²) in [6.07, 6.45) is 4.79. The van der Waals surface area contributed by atoms with Crippen molar-refractivity contribution in [3.63, 3.8) is 0 Å². The summed E-state index contributed by atoms with van der Waals surface area (Å²) in [7, 11) is 3.09. The second kappa shape index (κ2) is 8.08. The zero-order valence-corrected chi connectivity index (χ0v) is 16.3. The van der Waals surface area contributed by atoms with E-state index in [1.54, 1.807) is 75.0 Å². The van der Waals surface area contributed by atoms with Gasteiger partial charge in [0.2, 0.25) is 0 Å². The number of rotatable bonds is 5. The minimum atomic E-state index is -0.487. The van der Waals surface area contributed by atoms with Gasteiger partial charge in [0, 0.05) is 29.6 Å². The largest absolute Gasteiger partial charge is 0.493 e. The predicted molar refractivity (Wildman–Crippen MR) is 112 cm³/mol. The molecule has 2 aromatic carbocycles. The van der Waals surface area contributed by atoms with E-state index in [1.165, 1.54) is 6.20 Å². The van der Waals surface area contributed by atoms with Crippen LogP contribution in [0, 0.1) is 0 Å². The van der Waals surface area contributed by atoms with Crippen LogP contribution >= 0.6 is 0 Å². The van der Waals surface area contributed by atoms with Crippen LogP contribution in [-0.2, 0) is 4.79 Å². The smallest absolute Gasteiger partial charge is 0.345 e. The second-order valence-electron chi connectivity index (χ2n) is 6.47. The van der Waals surface area contributed by atoms with Gasteiger partial charge in [-0.25, -0.2) is 4.79 Å². The number of hydrogen-bond donors (Lipinski definition) is 1. The van der Waals surface area contributed by atoms with Gasteiger partial charge in [0.05, 0.1) is 25.5 Å². The van der Waals surface area contributed by atoms with Gasteiger partial charge < -0.3 is 19.5 Å². The Balaban J connectivity index is 1.57. The molecule has 0 unspecified atom stereocenters. The summed E-state index contributed by atoms with van der Waals surface area (Å²) in [6, 6.07) is 13.7. The summed E-state index contributed by atoms with van der Waals surface area (Å²) in [4.78, 5) is 28.5. The van der Waals surface area contributed by atoms with Gasteiger partial charge in [-0.1, -0.05) is 12.1 Å². The number of carbonyl (C=O) groups excluding carboxylic acids is 2. The summed E-state index contributed by atoms with van der Waals surface area (Å²) in [5.74, 6) is 0.773. The average Bonchev–Trinajstić information content (AvgIpc) is 3.08. The Morgan fingerprint density at radius 1 is 1.03 bits per heavy atom. The summed E-state index contributed by atoms with van der Waals surface area (Å²) < 4.78 is 16.0. The SMILES string of the molecule is COc1cc2c(cc1OC)/C(=C\c1ccc(OC(=O)c3cccnc3)cc1)C(=O)N2. The molecule has 0 spiro atoms. The first-order valence-corrected chi connectivity index (χ1v) is 9.11. The number of aromatic nitrogens is 1. The Labute approximate surface area is 172 Å². The van der Waals surface area contributed by atoms with Crippen LogP contribution in [0.25, 0.3) is 11.6 Å². The number of nitrogens with zero attached hydrogens (tertiary/aromatic N) is 1. The molecule has 4 rings (SSSR count). The number of amides is 1. The molecule has 1 aliphatic rings. The molecule has 0 saturated carbocycles. The van der Waals surface area contributed by atoms with Crippen molar-refractivity contribution in [2.45, 2.75) is 0 Å². The Morgan fingerprint density at radius 2 is 1.77 bits per heavy atom. The molecule has 1 aliphatic heterocycles. The van der Waals surface area contributed by atoms with Crippen LogP contribution in [0.1, 0.15) is 21.5 Å². The fraction of sp³-hybridized carbons (Fsp3) is 0.0870. The Morgan fingerprint density at radius 3 is 2.43 bits per heavy atom. The Bertz CT molecular complexity index is 1140. The maximum atomic E-state index is 12.5. The van der Waals surface area contributed by atoms with E-state index in [1.807, 2.05) is 0 Å². The van der Waals surface area contributed by atoms with E-state index in [4.69, 9.17) is 14.2 Å². The predicted octanol–water partition coefficient (Wildman–Crippen LogP) is 3.81. The monoisotopic (exact) mass is 402 g/mol. The third-order valence-corrected chi connectivity index (χ3v) is 4.61. The minimum absolute atomic E-state index is 0.215. The second-order valence-corrected chi connectivity index (χ2v) is 6.47. The molecule has 0 fully saturated rings. The number of anilines is 1. The molecule has 2 heterocycles. The zero-order chi connectivity index (χ0) is 21.1. The van der Waals surface area contributed by atoms with E-state index in [0.717, 1.165) is 11.1 Å². The summed E-state index contributed by atoms with van der Waals surface area (Å²) >= 11 is 0.